The van der Waals surface area contributed by atoms with Crippen molar-refractivity contribution in [3.05, 3.63) is 65.7 Å². The number of hydrogen-bond acceptors (Lipinski definition) is 2. The maximum Gasteiger partial charge on any atom is 0.220 e. The van der Waals surface area contributed by atoms with Gasteiger partial charge in [0.1, 0.15) is 5.75 Å². The topological polar surface area (TPSA) is 38.3 Å². The Labute approximate surface area is 126 Å². The van der Waals surface area contributed by atoms with E-state index in [9.17, 15) is 4.79 Å². The molecule has 0 aliphatic heterocycles. The summed E-state index contributed by atoms with van der Waals surface area (Å²) in [5.74, 6) is 1.06. The normalized spacial score (nSPS) is 11.7. The van der Waals surface area contributed by atoms with Gasteiger partial charge in [-0.25, -0.2) is 0 Å². The number of nitrogens with one attached hydrogen (secondary N) is 1. The largest absolute Gasteiger partial charge is 0.496 e. The molecule has 2 rings (SSSR count). The van der Waals surface area contributed by atoms with E-state index in [1.807, 2.05) is 42.5 Å². The first-order valence-electron chi connectivity index (χ1n) is 7.14. The van der Waals surface area contributed by atoms with E-state index in [-0.39, 0.29) is 11.8 Å². The Balaban J connectivity index is 1.88. The molecule has 0 fully saturated rings. The van der Waals surface area contributed by atoms with Crippen molar-refractivity contribution in [2.45, 2.75) is 25.8 Å². The molecule has 2 aromatic carbocycles. The molecule has 3 heteroatoms. The fourth-order valence-corrected chi connectivity index (χ4v) is 2.29. The predicted molar refractivity (Wildman–Crippen MR) is 84.3 cm³/mol. The number of methoxy groups -OCH3 is 1. The Bertz CT molecular complexity index is 581. The van der Waals surface area contributed by atoms with E-state index in [0.29, 0.717) is 13.0 Å². The molecular weight excluding hydrogens is 262 g/mol. The maximum absolute atomic E-state index is 12.0. The fourth-order valence-electron chi connectivity index (χ4n) is 2.29. The van der Waals surface area contributed by atoms with Crippen LogP contribution in [0.3, 0.4) is 0 Å². The molecule has 1 N–H and O–H groups in total. The van der Waals surface area contributed by atoms with E-state index >= 15 is 0 Å². The van der Waals surface area contributed by atoms with Gasteiger partial charge in [0.2, 0.25) is 5.91 Å². The monoisotopic (exact) mass is 283 g/mol. The third kappa shape index (κ3) is 4.35. The highest BCUT2D eigenvalue weighted by Gasteiger charge is 2.11. The van der Waals surface area contributed by atoms with Gasteiger partial charge in [0.15, 0.2) is 0 Å². The zero-order valence-electron chi connectivity index (χ0n) is 12.5. The van der Waals surface area contributed by atoms with Gasteiger partial charge in [-0.2, -0.15) is 0 Å². The Morgan fingerprint density at radius 2 is 1.76 bits per heavy atom. The molecule has 0 unspecified atom stereocenters. The van der Waals surface area contributed by atoms with Crippen LogP contribution in [0.15, 0.2) is 54.6 Å². The van der Waals surface area contributed by atoms with Crippen LogP contribution in [-0.2, 0) is 11.3 Å². The van der Waals surface area contributed by atoms with Gasteiger partial charge in [0, 0.05) is 18.5 Å². The van der Waals surface area contributed by atoms with Crippen LogP contribution >= 0.6 is 0 Å². The van der Waals surface area contributed by atoms with E-state index in [0.717, 1.165) is 11.3 Å². The molecular formula is C18H21NO2. The molecule has 0 saturated carbocycles. The van der Waals surface area contributed by atoms with Gasteiger partial charge in [-0.15, -0.1) is 0 Å². The van der Waals surface area contributed by atoms with Gasteiger partial charge in [-0.3, -0.25) is 4.79 Å². The van der Waals surface area contributed by atoms with Gasteiger partial charge < -0.3 is 10.1 Å². The lowest BCUT2D eigenvalue weighted by Crippen LogP contribution is -2.24. The number of carbonyl (C=O) groups is 1. The van der Waals surface area contributed by atoms with Gasteiger partial charge in [0.25, 0.3) is 0 Å². The molecule has 0 radical (unpaired) electrons. The van der Waals surface area contributed by atoms with Crippen LogP contribution in [0, 0.1) is 0 Å². The summed E-state index contributed by atoms with van der Waals surface area (Å²) in [5.41, 5.74) is 2.17. The van der Waals surface area contributed by atoms with Crippen LogP contribution in [0.5, 0.6) is 5.75 Å². The highest BCUT2D eigenvalue weighted by Crippen LogP contribution is 2.19. The Hall–Kier alpha value is -2.29. The zero-order valence-corrected chi connectivity index (χ0v) is 12.5. The van der Waals surface area contributed by atoms with Crippen molar-refractivity contribution >= 4 is 5.91 Å². The number of ether oxygens (including phenoxy) is 1. The molecule has 2 aromatic rings. The summed E-state index contributed by atoms with van der Waals surface area (Å²) in [6.45, 7) is 2.56. The zero-order chi connectivity index (χ0) is 15.1. The Morgan fingerprint density at radius 3 is 2.48 bits per heavy atom. The first-order chi connectivity index (χ1) is 10.2. The van der Waals surface area contributed by atoms with Crippen molar-refractivity contribution < 1.29 is 9.53 Å². The van der Waals surface area contributed by atoms with Crippen LogP contribution in [0.25, 0.3) is 0 Å². The molecule has 110 valence electrons. The molecule has 1 atom stereocenters. The molecule has 0 saturated heterocycles. The van der Waals surface area contributed by atoms with Crippen LogP contribution < -0.4 is 10.1 Å². The van der Waals surface area contributed by atoms with E-state index in [1.54, 1.807) is 7.11 Å². The molecule has 0 bridgehead atoms. The molecule has 0 aliphatic rings. The van der Waals surface area contributed by atoms with E-state index in [1.165, 1.54) is 5.56 Å². The first kappa shape index (κ1) is 15.1. The molecule has 1 amide bonds. The number of para-hydroxylation sites is 1. The number of hydrogen-bond donors (Lipinski definition) is 1. The molecule has 0 aromatic heterocycles. The Kier molecular flexibility index (Phi) is 5.38. The van der Waals surface area contributed by atoms with Gasteiger partial charge in [-0.1, -0.05) is 55.5 Å². The summed E-state index contributed by atoms with van der Waals surface area (Å²) >= 11 is 0. The van der Waals surface area contributed by atoms with Gasteiger partial charge in [-0.05, 0) is 17.5 Å². The summed E-state index contributed by atoms with van der Waals surface area (Å²) in [4.78, 5) is 12.0. The lowest BCUT2D eigenvalue weighted by atomic mass is 9.97. The third-order valence-electron chi connectivity index (χ3n) is 3.53. The summed E-state index contributed by atoms with van der Waals surface area (Å²) < 4.78 is 5.28. The number of rotatable bonds is 6. The number of benzene rings is 2. The minimum absolute atomic E-state index is 0.0530. The lowest BCUT2D eigenvalue weighted by molar-refractivity contribution is -0.121. The van der Waals surface area contributed by atoms with E-state index < -0.39 is 0 Å². The van der Waals surface area contributed by atoms with Crippen LogP contribution in [0.1, 0.15) is 30.4 Å². The van der Waals surface area contributed by atoms with Gasteiger partial charge >= 0.3 is 0 Å². The van der Waals surface area contributed by atoms with E-state index in [2.05, 4.69) is 24.4 Å². The highest BCUT2D eigenvalue weighted by atomic mass is 16.5. The molecule has 0 spiro atoms. The Morgan fingerprint density at radius 1 is 1.10 bits per heavy atom. The minimum atomic E-state index is 0.0530. The SMILES string of the molecule is COc1ccccc1CNC(=O)C[C@@H](C)c1ccccc1. The van der Waals surface area contributed by atoms with E-state index in [4.69, 9.17) is 4.74 Å². The molecule has 0 aliphatic carbocycles. The van der Waals surface area contributed by atoms with Crippen molar-refractivity contribution in [2.75, 3.05) is 7.11 Å². The van der Waals surface area contributed by atoms with Crippen molar-refractivity contribution in [3.8, 4) is 5.75 Å². The summed E-state index contributed by atoms with van der Waals surface area (Å²) in [6, 6.07) is 17.8. The number of amides is 1. The second kappa shape index (κ2) is 7.48. The van der Waals surface area contributed by atoms with Crippen LogP contribution in [0.2, 0.25) is 0 Å². The second-order valence-corrected chi connectivity index (χ2v) is 5.10. The third-order valence-corrected chi connectivity index (χ3v) is 3.53. The highest BCUT2D eigenvalue weighted by molar-refractivity contribution is 5.76. The van der Waals surface area contributed by atoms with Crippen molar-refractivity contribution in [3.63, 3.8) is 0 Å². The average Bonchev–Trinajstić information content (AvgIpc) is 2.54. The van der Waals surface area contributed by atoms with Crippen LogP contribution in [0.4, 0.5) is 0 Å². The quantitative estimate of drug-likeness (QED) is 0.881. The van der Waals surface area contributed by atoms with Crippen molar-refractivity contribution in [2.24, 2.45) is 0 Å². The number of carbonyl (C=O) groups excluding carboxylic acids is 1. The maximum atomic E-state index is 12.0. The first-order valence-corrected chi connectivity index (χ1v) is 7.14. The molecule has 0 heterocycles. The minimum Gasteiger partial charge on any atom is -0.496 e. The summed E-state index contributed by atoms with van der Waals surface area (Å²) in [7, 11) is 1.64. The summed E-state index contributed by atoms with van der Waals surface area (Å²) in [6.07, 6.45) is 0.485. The van der Waals surface area contributed by atoms with Gasteiger partial charge in [0.05, 0.1) is 7.11 Å². The van der Waals surface area contributed by atoms with Crippen molar-refractivity contribution in [1.82, 2.24) is 5.32 Å². The predicted octanol–water partition coefficient (Wildman–Crippen LogP) is 3.51. The fraction of sp³-hybridized carbons (Fsp3) is 0.278. The van der Waals surface area contributed by atoms with Crippen molar-refractivity contribution in [1.29, 1.82) is 0 Å². The lowest BCUT2D eigenvalue weighted by Gasteiger charge is -2.13. The molecule has 21 heavy (non-hydrogen) atoms. The summed E-state index contributed by atoms with van der Waals surface area (Å²) in [5, 5.41) is 2.96. The smallest absolute Gasteiger partial charge is 0.220 e. The van der Waals surface area contributed by atoms with Crippen LogP contribution in [-0.4, -0.2) is 13.0 Å². The average molecular weight is 283 g/mol. The standard InChI is InChI=1S/C18H21NO2/c1-14(15-8-4-3-5-9-15)12-18(20)19-13-16-10-6-7-11-17(16)21-2/h3-11,14H,12-13H2,1-2H3,(H,19,20)/t14-/m1/s1. The second-order valence-electron chi connectivity index (χ2n) is 5.10. The molecule has 3 nitrogen and oxygen atoms in total.